The molecule has 38 heavy (non-hydrogen) atoms. The van der Waals surface area contributed by atoms with Crippen LogP contribution in [0, 0.1) is 24.7 Å². The van der Waals surface area contributed by atoms with Crippen molar-refractivity contribution in [1.82, 2.24) is 0 Å². The first-order valence-electron chi connectivity index (χ1n) is 12.7. The van der Waals surface area contributed by atoms with Crippen LogP contribution in [-0.4, -0.2) is 34.4 Å². The van der Waals surface area contributed by atoms with Crippen LogP contribution in [0.4, 0.5) is 0 Å². The van der Waals surface area contributed by atoms with Gasteiger partial charge in [-0.3, -0.25) is 0 Å². The van der Waals surface area contributed by atoms with Crippen LogP contribution >= 0.6 is 0 Å². The first-order chi connectivity index (χ1) is 18.4. The zero-order chi connectivity index (χ0) is 26.8. The van der Waals surface area contributed by atoms with Gasteiger partial charge in [-0.05, 0) is 54.2 Å². The molecule has 0 amide bonds. The second-order valence-electron chi connectivity index (χ2n) is 9.94. The number of hydrogen-bond acceptors (Lipinski definition) is 6. The van der Waals surface area contributed by atoms with Gasteiger partial charge in [-0.25, -0.2) is 9.59 Å². The Balaban J connectivity index is 1.60. The minimum absolute atomic E-state index is 0.0154. The monoisotopic (exact) mass is 510 g/mol. The summed E-state index contributed by atoms with van der Waals surface area (Å²) in [5, 5.41) is 20.6. The average Bonchev–Trinajstić information content (AvgIpc) is 2.92. The van der Waals surface area contributed by atoms with Gasteiger partial charge in [-0.1, -0.05) is 79.8 Å². The standard InChI is InChI=1S/C32H30O6/c1-19-11-3-4-12-21(19)28-23-14-6-5-13-22(23)20(2)29(37-31(35)24-15-7-9-17-26(24)33)30(28)38-32(36)25-16-8-10-18-27(25)34/h3-18,20,22-23,28-30,33-34H,1-2H3. The first-order valence-corrected chi connectivity index (χ1v) is 12.7. The molecule has 0 bridgehead atoms. The minimum atomic E-state index is -0.856. The van der Waals surface area contributed by atoms with Crippen molar-refractivity contribution in [2.24, 2.45) is 17.8 Å². The molecule has 6 heteroatoms. The summed E-state index contributed by atoms with van der Waals surface area (Å²) in [6.07, 6.45) is 6.55. The highest BCUT2D eigenvalue weighted by Crippen LogP contribution is 2.50. The summed E-state index contributed by atoms with van der Waals surface area (Å²) in [5.41, 5.74) is 2.10. The maximum absolute atomic E-state index is 13.4. The second-order valence-corrected chi connectivity index (χ2v) is 9.94. The quantitative estimate of drug-likeness (QED) is 0.412. The predicted molar refractivity (Wildman–Crippen MR) is 143 cm³/mol. The molecule has 3 aromatic rings. The summed E-state index contributed by atoms with van der Waals surface area (Å²) in [5.74, 6) is -2.29. The van der Waals surface area contributed by atoms with Crippen LogP contribution in [-0.2, 0) is 9.47 Å². The number of hydrogen-bond donors (Lipinski definition) is 2. The summed E-state index contributed by atoms with van der Waals surface area (Å²) in [6, 6.07) is 20.3. The molecule has 1 fully saturated rings. The number of aromatic hydroxyl groups is 2. The van der Waals surface area contributed by atoms with E-state index in [2.05, 4.69) is 12.2 Å². The van der Waals surface area contributed by atoms with Crippen LogP contribution in [0.5, 0.6) is 11.5 Å². The maximum Gasteiger partial charge on any atom is 0.342 e. The number of carbonyl (C=O) groups excluding carboxylic acids is 2. The largest absolute Gasteiger partial charge is 0.507 e. The van der Waals surface area contributed by atoms with E-state index in [0.717, 1.165) is 11.1 Å². The van der Waals surface area contributed by atoms with E-state index in [9.17, 15) is 19.8 Å². The Hall–Kier alpha value is -4.32. The Labute approximate surface area is 221 Å². The van der Waals surface area contributed by atoms with E-state index in [1.165, 1.54) is 24.3 Å². The van der Waals surface area contributed by atoms with Gasteiger partial charge < -0.3 is 19.7 Å². The number of aryl methyl sites for hydroxylation is 1. The van der Waals surface area contributed by atoms with E-state index in [1.54, 1.807) is 24.3 Å². The summed E-state index contributed by atoms with van der Waals surface area (Å²) in [7, 11) is 0. The lowest BCUT2D eigenvalue weighted by molar-refractivity contribution is -0.0998. The highest BCUT2D eigenvalue weighted by Gasteiger charge is 2.52. The van der Waals surface area contributed by atoms with Crippen LogP contribution in [0.25, 0.3) is 0 Å². The smallest absolute Gasteiger partial charge is 0.342 e. The van der Waals surface area contributed by atoms with Crippen LogP contribution in [0.2, 0.25) is 0 Å². The van der Waals surface area contributed by atoms with Gasteiger partial charge in [-0.15, -0.1) is 0 Å². The number of carbonyl (C=O) groups is 2. The van der Waals surface area contributed by atoms with Crippen molar-refractivity contribution in [3.8, 4) is 11.5 Å². The summed E-state index contributed by atoms with van der Waals surface area (Å²) < 4.78 is 12.3. The molecule has 2 aliphatic rings. The van der Waals surface area contributed by atoms with Crippen molar-refractivity contribution in [3.63, 3.8) is 0 Å². The molecule has 0 aliphatic heterocycles. The Morgan fingerprint density at radius 2 is 1.18 bits per heavy atom. The van der Waals surface area contributed by atoms with Gasteiger partial charge in [0.25, 0.3) is 0 Å². The van der Waals surface area contributed by atoms with Crippen molar-refractivity contribution in [2.45, 2.75) is 32.0 Å². The Bertz CT molecular complexity index is 1410. The molecule has 0 spiro atoms. The third kappa shape index (κ3) is 4.70. The lowest BCUT2D eigenvalue weighted by Gasteiger charge is -2.49. The van der Waals surface area contributed by atoms with E-state index in [1.807, 2.05) is 50.3 Å². The van der Waals surface area contributed by atoms with Crippen molar-refractivity contribution in [2.75, 3.05) is 0 Å². The molecule has 0 aromatic heterocycles. The number of rotatable bonds is 5. The molecule has 3 aromatic carbocycles. The van der Waals surface area contributed by atoms with Gasteiger partial charge in [0.2, 0.25) is 0 Å². The Kier molecular flexibility index (Phi) is 7.05. The van der Waals surface area contributed by atoms with Gasteiger partial charge in [0.1, 0.15) is 34.8 Å². The van der Waals surface area contributed by atoms with Crippen molar-refractivity contribution >= 4 is 11.9 Å². The SMILES string of the molecule is Cc1ccccc1C1C2C=CC=CC2C(C)C(OC(=O)c2ccccc2O)C1OC(=O)c1ccccc1O. The molecule has 2 aliphatic carbocycles. The van der Waals surface area contributed by atoms with E-state index < -0.39 is 24.1 Å². The van der Waals surface area contributed by atoms with Crippen LogP contribution in [0.3, 0.4) is 0 Å². The third-order valence-corrected chi connectivity index (χ3v) is 7.72. The zero-order valence-electron chi connectivity index (χ0n) is 21.2. The fourth-order valence-electron chi connectivity index (χ4n) is 5.79. The maximum atomic E-state index is 13.4. The third-order valence-electron chi connectivity index (χ3n) is 7.72. The molecule has 1 saturated carbocycles. The summed E-state index contributed by atoms with van der Waals surface area (Å²) in [4.78, 5) is 26.7. The van der Waals surface area contributed by atoms with Crippen LogP contribution in [0.1, 0.15) is 44.7 Å². The number of benzene rings is 3. The molecule has 0 heterocycles. The van der Waals surface area contributed by atoms with E-state index in [4.69, 9.17) is 9.47 Å². The number of phenolic OH excluding ortho intramolecular Hbond substituents is 2. The van der Waals surface area contributed by atoms with Gasteiger partial charge >= 0.3 is 11.9 Å². The first kappa shape index (κ1) is 25.3. The van der Waals surface area contributed by atoms with Crippen LogP contribution < -0.4 is 0 Å². The van der Waals surface area contributed by atoms with Gasteiger partial charge in [-0.2, -0.15) is 0 Å². The Morgan fingerprint density at radius 1 is 0.684 bits per heavy atom. The molecule has 0 saturated heterocycles. The highest BCUT2D eigenvalue weighted by molar-refractivity contribution is 5.93. The molecule has 6 nitrogen and oxygen atoms in total. The molecule has 194 valence electrons. The van der Waals surface area contributed by atoms with Crippen LogP contribution in [0.15, 0.2) is 97.1 Å². The van der Waals surface area contributed by atoms with Crippen molar-refractivity contribution in [3.05, 3.63) is 119 Å². The van der Waals surface area contributed by atoms with E-state index in [-0.39, 0.29) is 46.3 Å². The molecule has 6 atom stereocenters. The average molecular weight is 511 g/mol. The number of fused-ring (bicyclic) bond motifs is 1. The number of ether oxygens (including phenoxy) is 2. The normalized spacial score (nSPS) is 25.8. The lowest BCUT2D eigenvalue weighted by atomic mass is 9.60. The topological polar surface area (TPSA) is 93.1 Å². The van der Waals surface area contributed by atoms with Crippen molar-refractivity contribution < 1.29 is 29.3 Å². The summed E-state index contributed by atoms with van der Waals surface area (Å²) in [6.45, 7) is 3.99. The number of allylic oxidation sites excluding steroid dienone is 4. The van der Waals surface area contributed by atoms with Gasteiger partial charge in [0.05, 0.1) is 0 Å². The fraction of sp³-hybridized carbons (Fsp3) is 0.250. The predicted octanol–water partition coefficient (Wildman–Crippen LogP) is 5.95. The molecular weight excluding hydrogens is 480 g/mol. The molecule has 5 rings (SSSR count). The zero-order valence-corrected chi connectivity index (χ0v) is 21.2. The fourth-order valence-corrected chi connectivity index (χ4v) is 5.79. The molecule has 0 radical (unpaired) electrons. The lowest BCUT2D eigenvalue weighted by Crippen LogP contribution is -2.53. The van der Waals surface area contributed by atoms with Gasteiger partial charge in [0, 0.05) is 11.8 Å². The van der Waals surface area contributed by atoms with E-state index in [0.29, 0.717) is 0 Å². The summed E-state index contributed by atoms with van der Waals surface area (Å²) >= 11 is 0. The van der Waals surface area contributed by atoms with Crippen molar-refractivity contribution in [1.29, 1.82) is 0 Å². The Morgan fingerprint density at radius 3 is 1.76 bits per heavy atom. The molecule has 6 unspecified atom stereocenters. The highest BCUT2D eigenvalue weighted by atomic mass is 16.6. The minimum Gasteiger partial charge on any atom is -0.507 e. The molecule has 2 N–H and O–H groups in total. The number of phenols is 2. The second kappa shape index (κ2) is 10.6. The number of esters is 2. The van der Waals surface area contributed by atoms with Gasteiger partial charge in [0.15, 0.2) is 0 Å². The molecular formula is C32H30O6. The number of para-hydroxylation sites is 2. The van der Waals surface area contributed by atoms with E-state index >= 15 is 0 Å².